The molecule has 0 aliphatic carbocycles. The third kappa shape index (κ3) is 3.18. The minimum Gasteiger partial charge on any atom is -0.321 e. The molecule has 0 unspecified atom stereocenters. The number of amides is 1. The van der Waals surface area contributed by atoms with Crippen LogP contribution in [-0.4, -0.2) is 20.2 Å². The molecule has 0 fully saturated rings. The van der Waals surface area contributed by atoms with E-state index in [9.17, 15) is 14.9 Å². The second kappa shape index (κ2) is 6.52. The minimum atomic E-state index is -0.543. The van der Waals surface area contributed by atoms with Crippen molar-refractivity contribution in [3.63, 3.8) is 0 Å². The summed E-state index contributed by atoms with van der Waals surface area (Å²) >= 11 is 6.01. The van der Waals surface area contributed by atoms with Crippen molar-refractivity contribution in [1.82, 2.24) is 9.38 Å². The van der Waals surface area contributed by atoms with Crippen molar-refractivity contribution in [2.75, 3.05) is 5.32 Å². The van der Waals surface area contributed by atoms with Crippen LogP contribution in [-0.2, 0) is 6.42 Å². The van der Waals surface area contributed by atoms with Crippen LogP contribution in [0.15, 0.2) is 36.5 Å². The lowest BCUT2D eigenvalue weighted by Gasteiger charge is -2.08. The molecular formula is C17H15ClN4O3. The summed E-state index contributed by atoms with van der Waals surface area (Å²) in [5, 5.41) is 13.5. The number of non-ortho nitro benzene ring substituents is 1. The number of fused-ring (bicyclic) bond motifs is 1. The van der Waals surface area contributed by atoms with Gasteiger partial charge in [0.2, 0.25) is 0 Å². The highest BCUT2D eigenvalue weighted by atomic mass is 35.5. The maximum absolute atomic E-state index is 12.5. The van der Waals surface area contributed by atoms with Crippen LogP contribution in [0.25, 0.3) is 5.65 Å². The van der Waals surface area contributed by atoms with Crippen LogP contribution in [0, 0.1) is 17.0 Å². The van der Waals surface area contributed by atoms with Gasteiger partial charge in [0, 0.05) is 24.0 Å². The van der Waals surface area contributed by atoms with E-state index in [2.05, 4.69) is 10.3 Å². The summed E-state index contributed by atoms with van der Waals surface area (Å²) in [5.74, 6) is -0.358. The molecule has 0 aliphatic rings. The molecule has 1 amide bonds. The molecule has 25 heavy (non-hydrogen) atoms. The van der Waals surface area contributed by atoms with Gasteiger partial charge in [-0.25, -0.2) is 4.98 Å². The molecule has 1 aromatic carbocycles. The van der Waals surface area contributed by atoms with E-state index >= 15 is 0 Å². The van der Waals surface area contributed by atoms with Crippen molar-refractivity contribution in [2.24, 2.45) is 0 Å². The molecule has 2 aromatic heterocycles. The SMILES string of the molecule is CCc1nc2ccc(C(=O)Nc3ccc([N+](=O)[O-])cc3Cl)cn2c1C. The fraction of sp³-hybridized carbons (Fsp3) is 0.176. The van der Waals surface area contributed by atoms with Crippen LogP contribution in [0.5, 0.6) is 0 Å². The number of nitrogens with zero attached hydrogens (tertiary/aromatic N) is 3. The second-order valence-corrected chi connectivity index (χ2v) is 5.93. The van der Waals surface area contributed by atoms with E-state index in [4.69, 9.17) is 11.6 Å². The number of imidazole rings is 1. The topological polar surface area (TPSA) is 89.5 Å². The molecule has 0 atom stereocenters. The third-order valence-electron chi connectivity index (χ3n) is 3.96. The van der Waals surface area contributed by atoms with Gasteiger partial charge in [0.25, 0.3) is 11.6 Å². The van der Waals surface area contributed by atoms with Crippen molar-refractivity contribution in [3.8, 4) is 0 Å². The van der Waals surface area contributed by atoms with Crippen molar-refractivity contribution in [2.45, 2.75) is 20.3 Å². The van der Waals surface area contributed by atoms with Gasteiger partial charge in [0.1, 0.15) is 5.65 Å². The zero-order valence-electron chi connectivity index (χ0n) is 13.6. The molecule has 0 saturated heterocycles. The number of nitrogens with one attached hydrogen (secondary N) is 1. The summed E-state index contributed by atoms with van der Waals surface area (Å²) in [5.41, 5.74) is 3.36. The number of hydrogen-bond donors (Lipinski definition) is 1. The van der Waals surface area contributed by atoms with Gasteiger partial charge in [-0.3, -0.25) is 14.9 Å². The molecule has 0 bridgehead atoms. The Bertz CT molecular complexity index is 997. The highest BCUT2D eigenvalue weighted by molar-refractivity contribution is 6.34. The number of halogens is 1. The highest BCUT2D eigenvalue weighted by Gasteiger charge is 2.14. The first-order valence-corrected chi connectivity index (χ1v) is 8.01. The van der Waals surface area contributed by atoms with Gasteiger partial charge >= 0.3 is 0 Å². The maximum atomic E-state index is 12.5. The Hall–Kier alpha value is -2.93. The van der Waals surface area contributed by atoms with Gasteiger partial charge in [-0.2, -0.15) is 0 Å². The molecular weight excluding hydrogens is 344 g/mol. The van der Waals surface area contributed by atoms with E-state index in [-0.39, 0.29) is 16.6 Å². The van der Waals surface area contributed by atoms with Crippen molar-refractivity contribution < 1.29 is 9.72 Å². The zero-order chi connectivity index (χ0) is 18.1. The lowest BCUT2D eigenvalue weighted by molar-refractivity contribution is -0.384. The summed E-state index contributed by atoms with van der Waals surface area (Å²) in [7, 11) is 0. The second-order valence-electron chi connectivity index (χ2n) is 5.52. The lowest BCUT2D eigenvalue weighted by Crippen LogP contribution is -2.13. The van der Waals surface area contributed by atoms with Crippen LogP contribution in [0.3, 0.4) is 0 Å². The molecule has 8 heteroatoms. The van der Waals surface area contributed by atoms with Gasteiger partial charge < -0.3 is 9.72 Å². The lowest BCUT2D eigenvalue weighted by atomic mass is 10.2. The summed E-state index contributed by atoms with van der Waals surface area (Å²) in [4.78, 5) is 27.2. The molecule has 0 saturated carbocycles. The average molecular weight is 359 g/mol. The number of hydrogen-bond acceptors (Lipinski definition) is 4. The van der Waals surface area contributed by atoms with Gasteiger partial charge in [0.15, 0.2) is 0 Å². The molecule has 0 radical (unpaired) electrons. The van der Waals surface area contributed by atoms with Crippen LogP contribution in [0.2, 0.25) is 5.02 Å². The van der Waals surface area contributed by atoms with E-state index in [0.29, 0.717) is 11.3 Å². The fourth-order valence-corrected chi connectivity index (χ4v) is 2.82. The average Bonchev–Trinajstić information content (AvgIpc) is 2.92. The number of aromatic nitrogens is 2. The minimum absolute atomic E-state index is 0.107. The number of benzene rings is 1. The van der Waals surface area contributed by atoms with E-state index in [0.717, 1.165) is 23.5 Å². The zero-order valence-corrected chi connectivity index (χ0v) is 14.4. The van der Waals surface area contributed by atoms with Gasteiger partial charge in [-0.05, 0) is 31.5 Å². The first-order chi connectivity index (χ1) is 11.9. The number of nitro groups is 1. The standard InChI is InChI=1S/C17H15ClN4O3/c1-3-14-10(2)21-9-11(4-7-16(21)19-14)17(23)20-15-6-5-12(22(24)25)8-13(15)18/h4-9H,3H2,1-2H3,(H,20,23). The van der Waals surface area contributed by atoms with E-state index in [1.165, 1.54) is 18.2 Å². The van der Waals surface area contributed by atoms with Crippen molar-refractivity contribution in [3.05, 3.63) is 68.6 Å². The predicted octanol–water partition coefficient (Wildman–Crippen LogP) is 4.02. The van der Waals surface area contributed by atoms with Crippen molar-refractivity contribution in [1.29, 1.82) is 0 Å². The monoisotopic (exact) mass is 358 g/mol. The highest BCUT2D eigenvalue weighted by Crippen LogP contribution is 2.27. The Balaban J connectivity index is 1.90. The summed E-state index contributed by atoms with van der Waals surface area (Å²) in [6.07, 6.45) is 2.53. The van der Waals surface area contributed by atoms with E-state index < -0.39 is 4.92 Å². The third-order valence-corrected chi connectivity index (χ3v) is 4.28. The Labute approximate surface area is 148 Å². The molecule has 3 rings (SSSR count). The van der Waals surface area contributed by atoms with Crippen molar-refractivity contribution >= 4 is 34.5 Å². The number of anilines is 1. The van der Waals surface area contributed by atoms with Gasteiger partial charge in [0.05, 0.1) is 26.9 Å². The van der Waals surface area contributed by atoms with Crippen LogP contribution in [0.1, 0.15) is 28.7 Å². The molecule has 3 aromatic rings. The Kier molecular flexibility index (Phi) is 4.41. The molecule has 2 heterocycles. The first-order valence-electron chi connectivity index (χ1n) is 7.63. The molecule has 7 nitrogen and oxygen atoms in total. The van der Waals surface area contributed by atoms with Gasteiger partial charge in [-0.1, -0.05) is 18.5 Å². The Morgan fingerprint density at radius 3 is 2.76 bits per heavy atom. The number of nitro benzene ring substituents is 1. The quantitative estimate of drug-likeness (QED) is 0.563. The normalized spacial score (nSPS) is 10.8. The fourth-order valence-electron chi connectivity index (χ4n) is 2.59. The van der Waals surface area contributed by atoms with Crippen LogP contribution < -0.4 is 5.32 Å². The summed E-state index contributed by atoms with van der Waals surface area (Å²) < 4.78 is 1.87. The van der Waals surface area contributed by atoms with E-state index in [1.807, 2.05) is 18.2 Å². The Morgan fingerprint density at radius 1 is 1.36 bits per heavy atom. The molecule has 0 aliphatic heterocycles. The number of rotatable bonds is 4. The number of carbonyl (C=O) groups excluding carboxylic acids is 1. The number of aryl methyl sites for hydroxylation is 2. The first kappa shape index (κ1) is 16.9. The number of carbonyl (C=O) groups is 1. The molecule has 128 valence electrons. The largest absolute Gasteiger partial charge is 0.321 e. The van der Waals surface area contributed by atoms with Crippen LogP contribution in [0.4, 0.5) is 11.4 Å². The molecule has 0 spiro atoms. The predicted molar refractivity (Wildman–Crippen MR) is 95.4 cm³/mol. The van der Waals surface area contributed by atoms with Crippen LogP contribution >= 0.6 is 11.6 Å². The summed E-state index contributed by atoms with van der Waals surface area (Å²) in [6, 6.07) is 7.36. The van der Waals surface area contributed by atoms with Gasteiger partial charge in [-0.15, -0.1) is 0 Å². The number of pyridine rings is 1. The maximum Gasteiger partial charge on any atom is 0.271 e. The summed E-state index contributed by atoms with van der Waals surface area (Å²) in [6.45, 7) is 3.98. The molecule has 1 N–H and O–H groups in total. The smallest absolute Gasteiger partial charge is 0.271 e. The van der Waals surface area contributed by atoms with E-state index in [1.54, 1.807) is 18.3 Å². The Morgan fingerprint density at radius 2 is 2.12 bits per heavy atom.